The van der Waals surface area contributed by atoms with Gasteiger partial charge >= 0.3 is 5.97 Å². The van der Waals surface area contributed by atoms with Crippen molar-refractivity contribution in [2.75, 3.05) is 10.6 Å². The number of anilines is 2. The lowest BCUT2D eigenvalue weighted by Crippen LogP contribution is -2.34. The zero-order valence-electron chi connectivity index (χ0n) is 17.2. The third-order valence-corrected chi connectivity index (χ3v) is 7.03. The molecule has 0 bridgehead atoms. The van der Waals surface area contributed by atoms with Crippen LogP contribution >= 0.6 is 35.0 Å². The van der Waals surface area contributed by atoms with Crippen molar-refractivity contribution in [1.29, 1.82) is 0 Å². The molecule has 0 heterocycles. The molecular weight excluding hydrogens is 471 g/mol. The maximum Gasteiger partial charge on any atom is 0.307 e. The molecule has 2 aromatic rings. The Kier molecular flexibility index (Phi) is 8.23. The van der Waals surface area contributed by atoms with E-state index in [-0.39, 0.29) is 11.8 Å². The molecule has 0 aromatic heterocycles. The lowest BCUT2D eigenvalue weighted by molar-refractivity contribution is -0.146. The highest BCUT2D eigenvalue weighted by atomic mass is 35.5. The molecule has 2 amide bonds. The topological polar surface area (TPSA) is 95.5 Å². The smallest absolute Gasteiger partial charge is 0.307 e. The standard InChI is InChI=1S/C23H22Cl2N2O4S/c1-13(21(28)27-19-8-4-7-18(24)20(19)25)32-15-11-9-14(10-12-15)26-22(29)16-5-2-3-6-17(16)23(30)31/h2-4,7-13,16-17H,5-6H2,1H3,(H,26,29)(H,27,28)(H,30,31). The van der Waals surface area contributed by atoms with Crippen molar-refractivity contribution in [3.63, 3.8) is 0 Å². The number of allylic oxidation sites excluding steroid dienone is 2. The van der Waals surface area contributed by atoms with Gasteiger partial charge in [-0.05, 0) is 56.2 Å². The van der Waals surface area contributed by atoms with Gasteiger partial charge in [0, 0.05) is 10.6 Å². The highest BCUT2D eigenvalue weighted by Crippen LogP contribution is 2.32. The molecule has 0 aliphatic heterocycles. The SMILES string of the molecule is CC(Sc1ccc(NC(=O)C2CC=CCC2C(=O)O)cc1)C(=O)Nc1cccc(Cl)c1Cl. The van der Waals surface area contributed by atoms with Crippen molar-refractivity contribution >= 4 is 64.1 Å². The van der Waals surface area contributed by atoms with Crippen LogP contribution in [0.25, 0.3) is 0 Å². The quantitative estimate of drug-likeness (QED) is 0.339. The zero-order chi connectivity index (χ0) is 23.3. The second-order valence-corrected chi connectivity index (χ2v) is 9.56. The Hall–Kier alpha value is -2.48. The van der Waals surface area contributed by atoms with E-state index < -0.39 is 23.1 Å². The monoisotopic (exact) mass is 492 g/mol. The molecule has 0 saturated heterocycles. The Bertz CT molecular complexity index is 1040. The number of carbonyl (C=O) groups is 3. The van der Waals surface area contributed by atoms with E-state index in [0.29, 0.717) is 34.3 Å². The number of rotatable bonds is 7. The Labute approximate surface area is 200 Å². The molecule has 168 valence electrons. The molecule has 32 heavy (non-hydrogen) atoms. The van der Waals surface area contributed by atoms with Crippen molar-refractivity contribution in [2.45, 2.75) is 29.9 Å². The molecule has 1 aliphatic rings. The zero-order valence-corrected chi connectivity index (χ0v) is 19.5. The van der Waals surface area contributed by atoms with E-state index in [1.165, 1.54) is 11.8 Å². The van der Waals surface area contributed by atoms with Gasteiger partial charge in [0.2, 0.25) is 11.8 Å². The molecule has 6 nitrogen and oxygen atoms in total. The van der Waals surface area contributed by atoms with Gasteiger partial charge in [-0.25, -0.2) is 0 Å². The van der Waals surface area contributed by atoms with Gasteiger partial charge in [0.25, 0.3) is 0 Å². The van der Waals surface area contributed by atoms with Crippen LogP contribution in [0.1, 0.15) is 19.8 Å². The fraction of sp³-hybridized carbons (Fsp3) is 0.261. The number of thioether (sulfide) groups is 1. The van der Waals surface area contributed by atoms with Crippen molar-refractivity contribution in [3.05, 3.63) is 64.7 Å². The van der Waals surface area contributed by atoms with Gasteiger partial charge in [-0.1, -0.05) is 41.4 Å². The number of carboxylic acid groups (broad SMARTS) is 1. The molecule has 3 rings (SSSR count). The summed E-state index contributed by atoms with van der Waals surface area (Å²) in [5.74, 6) is -2.82. The largest absolute Gasteiger partial charge is 0.481 e. The van der Waals surface area contributed by atoms with Gasteiger partial charge in [-0.15, -0.1) is 11.8 Å². The summed E-state index contributed by atoms with van der Waals surface area (Å²) in [4.78, 5) is 37.3. The Morgan fingerprint density at radius 2 is 1.66 bits per heavy atom. The summed E-state index contributed by atoms with van der Waals surface area (Å²) in [7, 11) is 0. The number of hydrogen-bond donors (Lipinski definition) is 3. The summed E-state index contributed by atoms with van der Waals surface area (Å²) >= 11 is 13.5. The van der Waals surface area contributed by atoms with Gasteiger partial charge in [-0.3, -0.25) is 14.4 Å². The molecule has 0 saturated carbocycles. The lowest BCUT2D eigenvalue weighted by atomic mass is 9.82. The average molecular weight is 493 g/mol. The minimum atomic E-state index is -0.965. The van der Waals surface area contributed by atoms with Gasteiger partial charge in [0.05, 0.1) is 32.8 Å². The van der Waals surface area contributed by atoms with Crippen LogP contribution in [0.2, 0.25) is 10.0 Å². The van der Waals surface area contributed by atoms with Crippen molar-refractivity contribution < 1.29 is 19.5 Å². The molecule has 3 N–H and O–H groups in total. The van der Waals surface area contributed by atoms with Crippen molar-refractivity contribution in [2.24, 2.45) is 11.8 Å². The van der Waals surface area contributed by atoms with Gasteiger partial charge in [0.1, 0.15) is 0 Å². The molecule has 2 aromatic carbocycles. The first-order chi connectivity index (χ1) is 15.3. The molecular formula is C23H22Cl2N2O4S. The predicted molar refractivity (Wildman–Crippen MR) is 128 cm³/mol. The molecule has 1 aliphatic carbocycles. The number of aliphatic carboxylic acids is 1. The summed E-state index contributed by atoms with van der Waals surface area (Å²) in [6.07, 6.45) is 4.39. The van der Waals surface area contributed by atoms with Crippen LogP contribution in [0.15, 0.2) is 59.5 Å². The van der Waals surface area contributed by atoms with Crippen LogP contribution in [-0.4, -0.2) is 28.1 Å². The number of benzene rings is 2. The van der Waals surface area contributed by atoms with E-state index in [0.717, 1.165) is 4.90 Å². The summed E-state index contributed by atoms with van der Waals surface area (Å²) in [6.45, 7) is 1.77. The molecule has 0 fully saturated rings. The fourth-order valence-corrected chi connectivity index (χ4v) is 4.54. The number of halogens is 2. The number of hydrogen-bond acceptors (Lipinski definition) is 4. The summed E-state index contributed by atoms with van der Waals surface area (Å²) in [5, 5.41) is 15.2. The van der Waals surface area contributed by atoms with Crippen LogP contribution in [0.4, 0.5) is 11.4 Å². The predicted octanol–water partition coefficient (Wildman–Crippen LogP) is 5.72. The van der Waals surface area contributed by atoms with E-state index in [1.807, 2.05) is 6.08 Å². The number of carboxylic acids is 1. The van der Waals surface area contributed by atoms with E-state index in [9.17, 15) is 19.5 Å². The Morgan fingerprint density at radius 1 is 1.00 bits per heavy atom. The minimum Gasteiger partial charge on any atom is -0.481 e. The van der Waals surface area contributed by atoms with Crippen LogP contribution in [-0.2, 0) is 14.4 Å². The first-order valence-corrected chi connectivity index (χ1v) is 11.6. The molecule has 9 heteroatoms. The second kappa shape index (κ2) is 10.9. The van der Waals surface area contributed by atoms with Crippen LogP contribution in [0.3, 0.4) is 0 Å². The maximum atomic E-state index is 12.6. The fourth-order valence-electron chi connectivity index (χ4n) is 3.32. The van der Waals surface area contributed by atoms with Crippen molar-refractivity contribution in [1.82, 2.24) is 0 Å². The van der Waals surface area contributed by atoms with Gasteiger partial charge in [0.15, 0.2) is 0 Å². The second-order valence-electron chi connectivity index (χ2n) is 7.36. The molecule has 3 atom stereocenters. The first kappa shape index (κ1) is 24.2. The first-order valence-electron chi connectivity index (χ1n) is 9.96. The molecule has 0 radical (unpaired) electrons. The minimum absolute atomic E-state index is 0.221. The average Bonchev–Trinajstić information content (AvgIpc) is 2.78. The van der Waals surface area contributed by atoms with Crippen LogP contribution in [0, 0.1) is 11.8 Å². The van der Waals surface area contributed by atoms with E-state index in [4.69, 9.17) is 23.2 Å². The van der Waals surface area contributed by atoms with Crippen LogP contribution in [0.5, 0.6) is 0 Å². The highest BCUT2D eigenvalue weighted by Gasteiger charge is 2.33. The Balaban J connectivity index is 1.57. The van der Waals surface area contributed by atoms with E-state index in [1.54, 1.807) is 55.5 Å². The maximum absolute atomic E-state index is 12.6. The number of nitrogens with one attached hydrogen (secondary N) is 2. The summed E-state index contributed by atoms with van der Waals surface area (Å²) < 4.78 is 0. The third-order valence-electron chi connectivity index (χ3n) is 5.10. The van der Waals surface area contributed by atoms with Crippen LogP contribution < -0.4 is 10.6 Å². The molecule has 0 spiro atoms. The van der Waals surface area contributed by atoms with Crippen molar-refractivity contribution in [3.8, 4) is 0 Å². The third kappa shape index (κ3) is 6.06. The molecule has 3 unspecified atom stereocenters. The summed E-state index contributed by atoms with van der Waals surface area (Å²) in [6, 6.07) is 12.1. The number of carbonyl (C=O) groups excluding carboxylic acids is 2. The van der Waals surface area contributed by atoms with E-state index in [2.05, 4.69) is 10.6 Å². The highest BCUT2D eigenvalue weighted by molar-refractivity contribution is 8.00. The lowest BCUT2D eigenvalue weighted by Gasteiger charge is -2.24. The number of amides is 2. The van der Waals surface area contributed by atoms with Gasteiger partial charge < -0.3 is 15.7 Å². The Morgan fingerprint density at radius 3 is 2.31 bits per heavy atom. The van der Waals surface area contributed by atoms with Gasteiger partial charge in [-0.2, -0.15) is 0 Å². The van der Waals surface area contributed by atoms with E-state index >= 15 is 0 Å². The summed E-state index contributed by atoms with van der Waals surface area (Å²) in [5.41, 5.74) is 1.02. The normalized spacial score (nSPS) is 18.6.